The molecule has 2 atom stereocenters. The molecule has 3 heteroatoms. The number of aliphatic hydroxyl groups excluding tert-OH is 1. The van der Waals surface area contributed by atoms with Crippen molar-refractivity contribution in [1.82, 2.24) is 0 Å². The smallest absolute Gasteiger partial charge is 0.309 e. The Kier molecular flexibility index (Phi) is 5.25. The van der Waals surface area contributed by atoms with Gasteiger partial charge >= 0.3 is 5.97 Å². The van der Waals surface area contributed by atoms with Gasteiger partial charge in [0.25, 0.3) is 0 Å². The topological polar surface area (TPSA) is 46.5 Å². The van der Waals surface area contributed by atoms with E-state index in [0.29, 0.717) is 6.42 Å². The van der Waals surface area contributed by atoms with E-state index in [0.717, 1.165) is 11.1 Å². The van der Waals surface area contributed by atoms with Gasteiger partial charge in [-0.2, -0.15) is 0 Å². The Bertz CT molecular complexity index is 1090. The molecule has 29 heavy (non-hydrogen) atoms. The predicted molar refractivity (Wildman–Crippen MR) is 118 cm³/mol. The van der Waals surface area contributed by atoms with Crippen LogP contribution in [0.4, 0.5) is 0 Å². The fraction of sp³-hybridized carbons (Fsp3) is 0.269. The van der Waals surface area contributed by atoms with Crippen LogP contribution < -0.4 is 0 Å². The zero-order valence-corrected chi connectivity index (χ0v) is 17.1. The molecule has 3 aromatic rings. The normalized spacial score (nSPS) is 19.7. The first kappa shape index (κ1) is 19.4. The van der Waals surface area contributed by atoms with Crippen molar-refractivity contribution in [2.24, 2.45) is 0 Å². The van der Waals surface area contributed by atoms with Gasteiger partial charge in [0.15, 0.2) is 0 Å². The maximum atomic E-state index is 11.7. The molecule has 0 unspecified atom stereocenters. The molecule has 1 fully saturated rings. The van der Waals surface area contributed by atoms with Gasteiger partial charge in [0.1, 0.15) is 6.10 Å². The molecule has 0 bridgehead atoms. The van der Waals surface area contributed by atoms with Crippen molar-refractivity contribution >= 4 is 22.8 Å². The number of esters is 1. The Balaban J connectivity index is 1.88. The van der Waals surface area contributed by atoms with Gasteiger partial charge in [0.2, 0.25) is 0 Å². The molecule has 4 rings (SSSR count). The molecule has 0 spiro atoms. The summed E-state index contributed by atoms with van der Waals surface area (Å²) in [5, 5.41) is 12.3. The van der Waals surface area contributed by atoms with Crippen LogP contribution in [0.15, 0.2) is 54.6 Å². The maximum Gasteiger partial charge on any atom is 0.309 e. The Morgan fingerprint density at radius 3 is 2.48 bits per heavy atom. The van der Waals surface area contributed by atoms with E-state index < -0.39 is 12.2 Å². The minimum atomic E-state index is -0.637. The van der Waals surface area contributed by atoms with Gasteiger partial charge in [-0.3, -0.25) is 4.79 Å². The van der Waals surface area contributed by atoms with Crippen molar-refractivity contribution in [3.8, 4) is 11.1 Å². The van der Waals surface area contributed by atoms with E-state index in [1.165, 1.54) is 33.0 Å². The summed E-state index contributed by atoms with van der Waals surface area (Å²) in [6, 6.07) is 17.2. The van der Waals surface area contributed by atoms with E-state index >= 15 is 0 Å². The zero-order valence-electron chi connectivity index (χ0n) is 17.1. The van der Waals surface area contributed by atoms with Gasteiger partial charge < -0.3 is 9.84 Å². The number of aryl methyl sites for hydroxylation is 3. The third kappa shape index (κ3) is 4.10. The quantitative estimate of drug-likeness (QED) is 0.604. The van der Waals surface area contributed by atoms with Gasteiger partial charge in [-0.25, -0.2) is 0 Å². The molecule has 148 valence electrons. The van der Waals surface area contributed by atoms with Crippen molar-refractivity contribution in [3.05, 3.63) is 76.9 Å². The van der Waals surface area contributed by atoms with Gasteiger partial charge in [-0.1, -0.05) is 65.7 Å². The summed E-state index contributed by atoms with van der Waals surface area (Å²) in [7, 11) is 0. The molecule has 0 aliphatic carbocycles. The summed E-state index contributed by atoms with van der Waals surface area (Å²) in [5.74, 6) is -0.344. The van der Waals surface area contributed by atoms with Gasteiger partial charge in [0.05, 0.1) is 12.5 Å². The summed E-state index contributed by atoms with van der Waals surface area (Å²) in [4.78, 5) is 11.7. The fourth-order valence-corrected chi connectivity index (χ4v) is 4.28. The van der Waals surface area contributed by atoms with Crippen LogP contribution in [0, 0.1) is 20.8 Å². The summed E-state index contributed by atoms with van der Waals surface area (Å²) >= 11 is 0. The predicted octanol–water partition coefficient (Wildman–Crippen LogP) is 5.51. The second kappa shape index (κ2) is 7.84. The van der Waals surface area contributed by atoms with E-state index in [2.05, 4.69) is 69.3 Å². The van der Waals surface area contributed by atoms with E-state index in [9.17, 15) is 9.90 Å². The lowest BCUT2D eigenvalue weighted by Crippen LogP contribution is -2.31. The number of benzene rings is 3. The zero-order chi connectivity index (χ0) is 20.5. The Morgan fingerprint density at radius 1 is 1.03 bits per heavy atom. The van der Waals surface area contributed by atoms with E-state index in [-0.39, 0.29) is 12.4 Å². The molecule has 0 amide bonds. The monoisotopic (exact) mass is 386 g/mol. The molecule has 1 N–H and O–H groups in total. The van der Waals surface area contributed by atoms with Crippen molar-refractivity contribution in [2.45, 2.75) is 45.8 Å². The molecular formula is C26H26O3. The highest BCUT2D eigenvalue weighted by atomic mass is 16.5. The maximum absolute atomic E-state index is 11.7. The Morgan fingerprint density at radius 2 is 1.76 bits per heavy atom. The molecular weight excluding hydrogens is 360 g/mol. The molecule has 3 aromatic carbocycles. The lowest BCUT2D eigenvalue weighted by molar-refractivity contribution is -0.156. The third-order valence-corrected chi connectivity index (χ3v) is 5.47. The molecule has 1 heterocycles. The molecule has 1 aliphatic rings. The fourth-order valence-electron chi connectivity index (χ4n) is 4.28. The number of aliphatic hydroxyl groups is 1. The second-order valence-electron chi connectivity index (χ2n) is 8.06. The number of carbonyl (C=O) groups is 1. The largest absolute Gasteiger partial charge is 0.458 e. The standard InChI is InChI=1S/C26H26O3/c1-16-10-17(2)12-20(11-16)26-23(9-8-22-14-21(27)15-25(28)29-22)18(3)13-19-6-4-5-7-24(19)26/h4-13,21-22,27H,14-15H2,1-3H3/b9-8+/t21-,22-/m1/s1. The number of rotatable bonds is 3. The molecule has 3 nitrogen and oxygen atoms in total. The Hall–Kier alpha value is -2.91. The van der Waals surface area contributed by atoms with Crippen LogP contribution >= 0.6 is 0 Å². The highest BCUT2D eigenvalue weighted by Gasteiger charge is 2.25. The van der Waals surface area contributed by atoms with Crippen LogP contribution in [0.1, 0.15) is 35.1 Å². The van der Waals surface area contributed by atoms with Crippen LogP contribution in [-0.2, 0) is 9.53 Å². The second-order valence-corrected chi connectivity index (χ2v) is 8.06. The summed E-state index contributed by atoms with van der Waals surface area (Å²) in [6.45, 7) is 6.35. The van der Waals surface area contributed by atoms with Crippen molar-refractivity contribution in [3.63, 3.8) is 0 Å². The average Bonchev–Trinajstić information content (AvgIpc) is 2.64. The lowest BCUT2D eigenvalue weighted by Gasteiger charge is -2.23. The van der Waals surface area contributed by atoms with Crippen LogP contribution in [-0.4, -0.2) is 23.3 Å². The average molecular weight is 386 g/mol. The lowest BCUT2D eigenvalue weighted by atomic mass is 9.88. The summed E-state index contributed by atoms with van der Waals surface area (Å²) in [6.07, 6.45) is 3.43. The summed E-state index contributed by atoms with van der Waals surface area (Å²) < 4.78 is 5.40. The van der Waals surface area contributed by atoms with Crippen LogP contribution in [0.5, 0.6) is 0 Å². The highest BCUT2D eigenvalue weighted by molar-refractivity contribution is 6.01. The Labute approximate surface area is 171 Å². The van der Waals surface area contributed by atoms with Crippen LogP contribution in [0.3, 0.4) is 0 Å². The molecule has 1 saturated heterocycles. The van der Waals surface area contributed by atoms with E-state index in [1.807, 2.05) is 12.2 Å². The van der Waals surface area contributed by atoms with Gasteiger partial charge in [-0.05, 0) is 59.9 Å². The number of hydrogen-bond acceptors (Lipinski definition) is 3. The minimum Gasteiger partial charge on any atom is -0.458 e. The first-order valence-corrected chi connectivity index (χ1v) is 10.1. The highest BCUT2D eigenvalue weighted by Crippen LogP contribution is 2.36. The van der Waals surface area contributed by atoms with Crippen LogP contribution in [0.2, 0.25) is 0 Å². The molecule has 0 saturated carbocycles. The first-order chi connectivity index (χ1) is 13.9. The number of fused-ring (bicyclic) bond motifs is 1. The van der Waals surface area contributed by atoms with E-state index in [4.69, 9.17) is 4.74 Å². The van der Waals surface area contributed by atoms with Gasteiger partial charge in [0, 0.05) is 6.42 Å². The summed E-state index contributed by atoms with van der Waals surface area (Å²) in [5.41, 5.74) is 7.10. The SMILES string of the molecule is Cc1cc(C)cc(-c2c(/C=C/[C@@H]3C[C@@H](O)CC(=O)O3)c(C)cc3ccccc23)c1. The number of ether oxygens (including phenoxy) is 1. The minimum absolute atomic E-state index is 0.0765. The number of cyclic esters (lactones) is 1. The van der Waals surface area contributed by atoms with Crippen molar-refractivity contribution in [1.29, 1.82) is 0 Å². The number of carbonyl (C=O) groups excluding carboxylic acids is 1. The van der Waals surface area contributed by atoms with Gasteiger partial charge in [-0.15, -0.1) is 0 Å². The first-order valence-electron chi connectivity index (χ1n) is 10.1. The van der Waals surface area contributed by atoms with Crippen molar-refractivity contribution in [2.75, 3.05) is 0 Å². The number of hydrogen-bond donors (Lipinski definition) is 1. The molecule has 0 aromatic heterocycles. The van der Waals surface area contributed by atoms with Crippen molar-refractivity contribution < 1.29 is 14.6 Å². The van der Waals surface area contributed by atoms with Crippen LogP contribution in [0.25, 0.3) is 28.0 Å². The molecule has 1 aliphatic heterocycles. The van der Waals surface area contributed by atoms with E-state index in [1.54, 1.807) is 0 Å². The third-order valence-electron chi connectivity index (χ3n) is 5.47. The molecule has 0 radical (unpaired) electrons.